The number of hydrogen-bond acceptors (Lipinski definition) is 5. The van der Waals surface area contributed by atoms with E-state index in [1.165, 1.54) is 0 Å². The highest BCUT2D eigenvalue weighted by molar-refractivity contribution is 5.86. The summed E-state index contributed by atoms with van der Waals surface area (Å²) >= 11 is 0. The quantitative estimate of drug-likeness (QED) is 0.531. The van der Waals surface area contributed by atoms with Crippen LogP contribution >= 0.6 is 0 Å². The molecule has 0 spiro atoms. The van der Waals surface area contributed by atoms with Gasteiger partial charge in [-0.25, -0.2) is 14.2 Å². The predicted octanol–water partition coefficient (Wildman–Crippen LogP) is 3.02. The van der Waals surface area contributed by atoms with Crippen LogP contribution in [0.2, 0.25) is 0 Å². The minimum atomic E-state index is 0.467. The van der Waals surface area contributed by atoms with Gasteiger partial charge in [0.1, 0.15) is 11.4 Å². The standard InChI is InChI=1S/C19H17N5O2/c1-12-9-15(11-25)24-19(21-12)18(13(2)22-24)16-6-5-14(10-17(16)26-3)23-8-4-7-20-23/h4-11H,1-3H3. The molecule has 0 unspecified atom stereocenters. The molecular formula is C19H17N5O2. The maximum Gasteiger partial charge on any atom is 0.168 e. The molecule has 0 radical (unpaired) electrons. The molecule has 130 valence electrons. The fourth-order valence-electron chi connectivity index (χ4n) is 3.12. The summed E-state index contributed by atoms with van der Waals surface area (Å²) in [5.74, 6) is 0.687. The normalized spacial score (nSPS) is 11.0. The van der Waals surface area contributed by atoms with Crippen molar-refractivity contribution in [2.75, 3.05) is 7.11 Å². The van der Waals surface area contributed by atoms with Gasteiger partial charge in [0, 0.05) is 29.7 Å². The number of fused-ring (bicyclic) bond motifs is 1. The maximum atomic E-state index is 11.4. The molecular weight excluding hydrogens is 330 g/mol. The molecule has 26 heavy (non-hydrogen) atoms. The number of aromatic nitrogens is 5. The number of carbonyl (C=O) groups excluding carboxylic acids is 1. The van der Waals surface area contributed by atoms with Crippen molar-refractivity contribution in [3.63, 3.8) is 0 Å². The minimum Gasteiger partial charge on any atom is -0.496 e. The van der Waals surface area contributed by atoms with Crippen molar-refractivity contribution in [2.45, 2.75) is 13.8 Å². The molecule has 0 bridgehead atoms. The summed E-state index contributed by atoms with van der Waals surface area (Å²) in [5.41, 5.74) is 5.24. The zero-order valence-corrected chi connectivity index (χ0v) is 14.7. The molecule has 0 saturated carbocycles. The molecule has 0 aliphatic rings. The summed E-state index contributed by atoms with van der Waals surface area (Å²) in [6.07, 6.45) is 4.38. The van der Waals surface area contributed by atoms with Crippen LogP contribution in [0, 0.1) is 13.8 Å². The number of nitrogens with zero attached hydrogens (tertiary/aromatic N) is 5. The molecule has 0 amide bonds. The van der Waals surface area contributed by atoms with Crippen LogP contribution < -0.4 is 4.74 Å². The number of aldehydes is 1. The number of rotatable bonds is 4. The number of ether oxygens (including phenoxy) is 1. The summed E-state index contributed by atoms with van der Waals surface area (Å²) in [6, 6.07) is 9.42. The molecule has 0 atom stereocenters. The van der Waals surface area contributed by atoms with Crippen LogP contribution in [0.4, 0.5) is 0 Å². The van der Waals surface area contributed by atoms with Gasteiger partial charge < -0.3 is 4.74 Å². The number of carbonyl (C=O) groups is 1. The Morgan fingerprint density at radius 3 is 2.73 bits per heavy atom. The van der Waals surface area contributed by atoms with Gasteiger partial charge in [-0.3, -0.25) is 4.79 Å². The van der Waals surface area contributed by atoms with Crippen molar-refractivity contribution in [3.8, 4) is 22.6 Å². The van der Waals surface area contributed by atoms with Crippen LogP contribution in [0.25, 0.3) is 22.5 Å². The van der Waals surface area contributed by atoms with E-state index in [1.807, 2.05) is 44.3 Å². The Bertz CT molecular complexity index is 1110. The lowest BCUT2D eigenvalue weighted by Gasteiger charge is -2.11. The van der Waals surface area contributed by atoms with E-state index in [2.05, 4.69) is 15.2 Å². The zero-order valence-electron chi connectivity index (χ0n) is 14.7. The van der Waals surface area contributed by atoms with Crippen molar-refractivity contribution in [1.29, 1.82) is 0 Å². The molecule has 7 heteroatoms. The molecule has 4 rings (SSSR count). The van der Waals surface area contributed by atoms with Crippen LogP contribution in [0.1, 0.15) is 21.9 Å². The third kappa shape index (κ3) is 2.45. The zero-order chi connectivity index (χ0) is 18.3. The van der Waals surface area contributed by atoms with Crippen molar-refractivity contribution in [1.82, 2.24) is 24.4 Å². The number of methoxy groups -OCH3 is 1. The van der Waals surface area contributed by atoms with Crippen molar-refractivity contribution >= 4 is 11.9 Å². The average Bonchev–Trinajstić information content (AvgIpc) is 3.28. The Morgan fingerprint density at radius 1 is 1.19 bits per heavy atom. The second kappa shape index (κ2) is 6.11. The molecule has 0 fully saturated rings. The summed E-state index contributed by atoms with van der Waals surface area (Å²) in [6.45, 7) is 3.76. The summed E-state index contributed by atoms with van der Waals surface area (Å²) in [4.78, 5) is 16.0. The predicted molar refractivity (Wildman–Crippen MR) is 97.0 cm³/mol. The van der Waals surface area contributed by atoms with E-state index in [0.29, 0.717) is 17.1 Å². The lowest BCUT2D eigenvalue weighted by Crippen LogP contribution is -2.01. The van der Waals surface area contributed by atoms with E-state index >= 15 is 0 Å². The van der Waals surface area contributed by atoms with Gasteiger partial charge in [0.2, 0.25) is 0 Å². The van der Waals surface area contributed by atoms with E-state index in [1.54, 1.807) is 28.6 Å². The minimum absolute atomic E-state index is 0.467. The SMILES string of the molecule is COc1cc(-n2cccn2)ccc1-c1c(C)nn2c(C=O)cc(C)nc12. The number of aryl methyl sites for hydroxylation is 2. The lowest BCUT2D eigenvalue weighted by molar-refractivity contribution is 0.111. The largest absolute Gasteiger partial charge is 0.496 e. The smallest absolute Gasteiger partial charge is 0.168 e. The van der Waals surface area contributed by atoms with E-state index in [-0.39, 0.29) is 0 Å². The summed E-state index contributed by atoms with van der Waals surface area (Å²) in [7, 11) is 1.63. The van der Waals surface area contributed by atoms with Gasteiger partial charge in [0.05, 0.1) is 24.1 Å². The Balaban J connectivity index is 1.97. The van der Waals surface area contributed by atoms with Gasteiger partial charge >= 0.3 is 0 Å². The second-order valence-corrected chi connectivity index (χ2v) is 5.97. The Kier molecular flexibility index (Phi) is 3.76. The van der Waals surface area contributed by atoms with Gasteiger partial charge in [-0.2, -0.15) is 10.2 Å². The Labute approximate surface area is 149 Å². The maximum absolute atomic E-state index is 11.4. The third-order valence-corrected chi connectivity index (χ3v) is 4.26. The van der Waals surface area contributed by atoms with Crippen LogP contribution in [0.15, 0.2) is 42.7 Å². The molecule has 0 aliphatic carbocycles. The summed E-state index contributed by atoms with van der Waals surface area (Å²) in [5, 5.41) is 8.75. The number of hydrogen-bond donors (Lipinski definition) is 0. The van der Waals surface area contributed by atoms with Crippen LogP contribution in [0.3, 0.4) is 0 Å². The van der Waals surface area contributed by atoms with Crippen LogP contribution in [0.5, 0.6) is 5.75 Å². The summed E-state index contributed by atoms with van der Waals surface area (Å²) < 4.78 is 8.96. The second-order valence-electron chi connectivity index (χ2n) is 5.97. The third-order valence-electron chi connectivity index (χ3n) is 4.26. The fourth-order valence-corrected chi connectivity index (χ4v) is 3.12. The molecule has 7 nitrogen and oxygen atoms in total. The van der Waals surface area contributed by atoms with E-state index in [0.717, 1.165) is 34.5 Å². The van der Waals surface area contributed by atoms with E-state index in [4.69, 9.17) is 4.74 Å². The van der Waals surface area contributed by atoms with Gasteiger partial charge in [0.25, 0.3) is 0 Å². The molecule has 3 heterocycles. The van der Waals surface area contributed by atoms with E-state index in [9.17, 15) is 4.79 Å². The Morgan fingerprint density at radius 2 is 2.04 bits per heavy atom. The highest BCUT2D eigenvalue weighted by atomic mass is 16.5. The Hall–Kier alpha value is -3.48. The first kappa shape index (κ1) is 16.0. The number of benzene rings is 1. The van der Waals surface area contributed by atoms with Crippen molar-refractivity contribution in [3.05, 3.63) is 59.8 Å². The van der Waals surface area contributed by atoms with Gasteiger partial charge in [-0.1, -0.05) is 0 Å². The van der Waals surface area contributed by atoms with Gasteiger partial charge in [0.15, 0.2) is 11.9 Å². The first-order valence-electron chi connectivity index (χ1n) is 8.13. The molecule has 0 N–H and O–H groups in total. The molecule has 3 aromatic heterocycles. The molecule has 1 aromatic carbocycles. The average molecular weight is 347 g/mol. The van der Waals surface area contributed by atoms with Crippen LogP contribution in [-0.2, 0) is 0 Å². The van der Waals surface area contributed by atoms with Gasteiger partial charge in [-0.15, -0.1) is 0 Å². The van der Waals surface area contributed by atoms with Crippen molar-refractivity contribution < 1.29 is 9.53 Å². The van der Waals surface area contributed by atoms with E-state index < -0.39 is 0 Å². The topological polar surface area (TPSA) is 74.3 Å². The fraction of sp³-hybridized carbons (Fsp3) is 0.158. The van der Waals surface area contributed by atoms with Crippen LogP contribution in [-0.4, -0.2) is 37.8 Å². The molecule has 4 aromatic rings. The first-order chi connectivity index (χ1) is 12.6. The monoisotopic (exact) mass is 347 g/mol. The first-order valence-corrected chi connectivity index (χ1v) is 8.13. The lowest BCUT2D eigenvalue weighted by atomic mass is 10.0. The van der Waals surface area contributed by atoms with Crippen molar-refractivity contribution in [2.24, 2.45) is 0 Å². The molecule has 0 saturated heterocycles. The highest BCUT2D eigenvalue weighted by Crippen LogP contribution is 2.36. The molecule has 0 aliphatic heterocycles. The van der Waals surface area contributed by atoms with Gasteiger partial charge in [-0.05, 0) is 38.1 Å². The highest BCUT2D eigenvalue weighted by Gasteiger charge is 2.19.